The second-order valence-corrected chi connectivity index (χ2v) is 10.9. The molecular weight excluding hydrogens is 471 g/mol. The van der Waals surface area contributed by atoms with Crippen molar-refractivity contribution in [2.24, 2.45) is 0 Å². The van der Waals surface area contributed by atoms with Crippen LogP contribution < -0.4 is 5.32 Å². The lowest BCUT2D eigenvalue weighted by Gasteiger charge is -2.07. The molecular formula is C21H21N3O3S4. The Hall–Kier alpha value is -2.01. The Morgan fingerprint density at radius 1 is 1.19 bits per heavy atom. The fourth-order valence-electron chi connectivity index (χ4n) is 3.49. The van der Waals surface area contributed by atoms with Crippen molar-refractivity contribution >= 4 is 63.5 Å². The molecule has 0 radical (unpaired) electrons. The summed E-state index contributed by atoms with van der Waals surface area (Å²) in [6.45, 7) is 0. The highest BCUT2D eigenvalue weighted by Crippen LogP contribution is 2.38. The quantitative estimate of drug-likeness (QED) is 0.212. The van der Waals surface area contributed by atoms with Gasteiger partial charge in [0.25, 0.3) is 0 Å². The number of hydrogen-bond acceptors (Lipinski definition) is 8. The Labute approximate surface area is 197 Å². The number of aromatic nitrogens is 2. The van der Waals surface area contributed by atoms with E-state index in [9.17, 15) is 9.59 Å². The number of anilines is 1. The highest BCUT2D eigenvalue weighted by molar-refractivity contribution is 8.01. The topological polar surface area (TPSA) is 73.2 Å². The molecule has 1 aliphatic carbocycles. The van der Waals surface area contributed by atoms with Crippen LogP contribution in [-0.2, 0) is 22.4 Å². The van der Waals surface area contributed by atoms with Crippen molar-refractivity contribution in [3.05, 3.63) is 50.3 Å². The minimum Gasteiger partial charge on any atom is -0.465 e. The average Bonchev–Trinajstić information content (AvgIpc) is 3.23. The van der Waals surface area contributed by atoms with Crippen LogP contribution >= 0.6 is 46.7 Å². The second-order valence-electron chi connectivity index (χ2n) is 6.98. The zero-order chi connectivity index (χ0) is 21.8. The van der Waals surface area contributed by atoms with Crippen LogP contribution in [0.15, 0.2) is 34.7 Å². The number of benzene rings is 1. The molecule has 2 aromatic heterocycles. The van der Waals surface area contributed by atoms with Crippen molar-refractivity contribution in [1.29, 1.82) is 0 Å². The molecule has 6 nitrogen and oxygen atoms in total. The number of fused-ring (bicyclic) bond motifs is 1. The van der Waals surface area contributed by atoms with Crippen molar-refractivity contribution in [2.45, 2.75) is 36.4 Å². The van der Waals surface area contributed by atoms with E-state index in [0.29, 0.717) is 14.5 Å². The average molecular weight is 492 g/mol. The van der Waals surface area contributed by atoms with Gasteiger partial charge < -0.3 is 10.1 Å². The van der Waals surface area contributed by atoms with Crippen LogP contribution in [0.5, 0.6) is 0 Å². The number of nitrogens with zero attached hydrogens (tertiary/aromatic N) is 2. The largest absolute Gasteiger partial charge is 0.465 e. The van der Waals surface area contributed by atoms with Gasteiger partial charge in [0, 0.05) is 4.88 Å². The molecule has 2 heterocycles. The van der Waals surface area contributed by atoms with Gasteiger partial charge in [0.2, 0.25) is 5.91 Å². The number of methoxy groups -OCH3 is 1. The summed E-state index contributed by atoms with van der Waals surface area (Å²) in [6, 6.07) is 9.67. The van der Waals surface area contributed by atoms with Crippen LogP contribution in [0.4, 0.5) is 5.00 Å². The molecule has 0 aliphatic heterocycles. The number of ether oxygens (including phenoxy) is 1. The molecule has 1 aromatic carbocycles. The maximum atomic E-state index is 12.7. The minimum absolute atomic E-state index is 0.181. The Morgan fingerprint density at radius 3 is 2.74 bits per heavy atom. The summed E-state index contributed by atoms with van der Waals surface area (Å²) in [4.78, 5) is 26.3. The van der Waals surface area contributed by atoms with Gasteiger partial charge in [0.1, 0.15) is 5.00 Å². The number of aryl methyl sites for hydroxylation is 1. The SMILES string of the molecule is COC(=O)c1c(NC(=O)CSc2nn(-c3ccccc3)c(=S)s2)sc2c1CCCCC2. The van der Waals surface area contributed by atoms with Crippen LogP contribution in [0, 0.1) is 3.95 Å². The van der Waals surface area contributed by atoms with E-state index < -0.39 is 0 Å². The molecule has 162 valence electrons. The number of esters is 1. The number of rotatable bonds is 6. The summed E-state index contributed by atoms with van der Waals surface area (Å²) in [5.41, 5.74) is 2.45. The minimum atomic E-state index is -0.387. The van der Waals surface area contributed by atoms with E-state index in [-0.39, 0.29) is 17.6 Å². The normalized spacial score (nSPS) is 13.3. The first-order valence-electron chi connectivity index (χ1n) is 9.88. The van der Waals surface area contributed by atoms with Crippen LogP contribution in [0.2, 0.25) is 0 Å². The van der Waals surface area contributed by atoms with Crippen LogP contribution in [0.25, 0.3) is 5.69 Å². The molecule has 4 rings (SSSR count). The zero-order valence-corrected chi connectivity index (χ0v) is 20.1. The molecule has 1 amide bonds. The molecule has 31 heavy (non-hydrogen) atoms. The summed E-state index contributed by atoms with van der Waals surface area (Å²) in [6.07, 6.45) is 5.09. The van der Waals surface area contributed by atoms with Gasteiger partial charge in [0.05, 0.1) is 24.1 Å². The van der Waals surface area contributed by atoms with Gasteiger partial charge in [-0.2, -0.15) is 0 Å². The Bertz CT molecular complexity index is 1150. The van der Waals surface area contributed by atoms with Gasteiger partial charge in [-0.25, -0.2) is 9.48 Å². The van der Waals surface area contributed by atoms with E-state index >= 15 is 0 Å². The van der Waals surface area contributed by atoms with Crippen LogP contribution in [0.1, 0.15) is 40.1 Å². The number of para-hydroxylation sites is 1. The molecule has 10 heteroatoms. The summed E-state index contributed by atoms with van der Waals surface area (Å²) in [5.74, 6) is -0.388. The van der Waals surface area contributed by atoms with Gasteiger partial charge >= 0.3 is 5.97 Å². The van der Waals surface area contributed by atoms with Crippen molar-refractivity contribution in [1.82, 2.24) is 9.78 Å². The fourth-order valence-corrected chi connectivity index (χ4v) is 6.95. The molecule has 0 unspecified atom stereocenters. The maximum Gasteiger partial charge on any atom is 0.341 e. The zero-order valence-electron chi connectivity index (χ0n) is 16.9. The molecule has 0 atom stereocenters. The van der Waals surface area contributed by atoms with Gasteiger partial charge in [-0.05, 0) is 55.6 Å². The smallest absolute Gasteiger partial charge is 0.341 e. The van der Waals surface area contributed by atoms with Crippen molar-refractivity contribution in [3.8, 4) is 5.69 Å². The van der Waals surface area contributed by atoms with Gasteiger partial charge in [-0.15, -0.1) is 16.4 Å². The number of carbonyl (C=O) groups is 2. The van der Waals surface area contributed by atoms with Crippen molar-refractivity contribution < 1.29 is 14.3 Å². The lowest BCUT2D eigenvalue weighted by atomic mass is 10.1. The van der Waals surface area contributed by atoms with Gasteiger partial charge in [0.15, 0.2) is 8.29 Å². The Balaban J connectivity index is 1.46. The monoisotopic (exact) mass is 491 g/mol. The first-order chi connectivity index (χ1) is 15.1. The number of carbonyl (C=O) groups excluding carboxylic acids is 2. The van der Waals surface area contributed by atoms with E-state index in [1.807, 2.05) is 30.3 Å². The third kappa shape index (κ3) is 5.08. The standard InChI is InChI=1S/C21H21N3O3S4/c1-27-19(26)17-14-10-6-3-7-11-15(14)30-18(17)22-16(25)12-29-20-23-24(21(28)31-20)13-8-4-2-5-9-13/h2,4-5,8-9H,3,6-7,10-12H2,1H3,(H,22,25). The lowest BCUT2D eigenvalue weighted by Crippen LogP contribution is -2.16. The number of hydrogen-bond donors (Lipinski definition) is 1. The Kier molecular flexibility index (Phi) is 7.21. The molecule has 0 spiro atoms. The molecule has 3 aromatic rings. The number of nitrogens with one attached hydrogen (secondary N) is 1. The number of thioether (sulfide) groups is 1. The van der Waals surface area contributed by atoms with E-state index in [0.717, 1.165) is 47.7 Å². The fraction of sp³-hybridized carbons (Fsp3) is 0.333. The molecule has 0 bridgehead atoms. The molecule has 1 N–H and O–H groups in total. The van der Waals surface area contributed by atoms with E-state index in [1.165, 1.54) is 46.4 Å². The van der Waals surface area contributed by atoms with Gasteiger partial charge in [-0.3, -0.25) is 4.79 Å². The molecule has 0 fully saturated rings. The predicted octanol–water partition coefficient (Wildman–Crippen LogP) is 5.51. The summed E-state index contributed by atoms with van der Waals surface area (Å²) in [5, 5.41) is 8.04. The molecule has 0 saturated carbocycles. The summed E-state index contributed by atoms with van der Waals surface area (Å²) in [7, 11) is 1.38. The number of amides is 1. The van der Waals surface area contributed by atoms with E-state index in [1.54, 1.807) is 4.68 Å². The van der Waals surface area contributed by atoms with Crippen LogP contribution in [0.3, 0.4) is 0 Å². The molecule has 1 aliphatic rings. The summed E-state index contributed by atoms with van der Waals surface area (Å²) >= 11 is 9.62. The number of thiophene rings is 1. The predicted molar refractivity (Wildman–Crippen MR) is 129 cm³/mol. The second kappa shape index (κ2) is 10.1. The van der Waals surface area contributed by atoms with E-state index in [4.69, 9.17) is 17.0 Å². The highest BCUT2D eigenvalue weighted by atomic mass is 32.2. The molecule has 0 saturated heterocycles. The third-order valence-corrected chi connectivity index (χ3v) is 8.49. The third-order valence-electron chi connectivity index (χ3n) is 4.92. The Morgan fingerprint density at radius 2 is 1.97 bits per heavy atom. The van der Waals surface area contributed by atoms with Crippen molar-refractivity contribution in [3.63, 3.8) is 0 Å². The van der Waals surface area contributed by atoms with Gasteiger partial charge in [-0.1, -0.05) is 47.7 Å². The maximum absolute atomic E-state index is 12.7. The highest BCUT2D eigenvalue weighted by Gasteiger charge is 2.26. The first kappa shape index (κ1) is 22.2. The van der Waals surface area contributed by atoms with Crippen molar-refractivity contribution in [2.75, 3.05) is 18.2 Å². The van der Waals surface area contributed by atoms with Crippen LogP contribution in [-0.4, -0.2) is 34.5 Å². The summed E-state index contributed by atoms with van der Waals surface area (Å²) < 4.78 is 8.05. The van der Waals surface area contributed by atoms with E-state index in [2.05, 4.69) is 10.4 Å². The first-order valence-corrected chi connectivity index (χ1v) is 12.9. The lowest BCUT2D eigenvalue weighted by molar-refractivity contribution is -0.113.